The van der Waals surface area contributed by atoms with Crippen LogP contribution in [0, 0.1) is 22.0 Å². The predicted molar refractivity (Wildman–Crippen MR) is 184 cm³/mol. The van der Waals surface area contributed by atoms with Gasteiger partial charge in [0.2, 0.25) is 0 Å². The second kappa shape index (κ2) is 21.6. The van der Waals surface area contributed by atoms with Crippen LogP contribution < -0.4 is 14.2 Å². The van der Waals surface area contributed by atoms with Crippen molar-refractivity contribution >= 4 is 29.6 Å². The number of unbranched alkanes of at least 4 members (excludes halogenated alkanes) is 2. The number of halogens is 1. The van der Waals surface area contributed by atoms with E-state index in [1.54, 1.807) is 54.6 Å². The first-order valence-electron chi connectivity index (χ1n) is 16.3. The van der Waals surface area contributed by atoms with Crippen LogP contribution in [-0.2, 0) is 19.2 Å². The van der Waals surface area contributed by atoms with Crippen molar-refractivity contribution in [2.75, 3.05) is 26.9 Å². The van der Waals surface area contributed by atoms with Gasteiger partial charge in [0.1, 0.15) is 18.5 Å². The zero-order valence-corrected chi connectivity index (χ0v) is 28.6. The summed E-state index contributed by atoms with van der Waals surface area (Å²) >= 11 is 5.96. The van der Waals surface area contributed by atoms with E-state index >= 15 is 0 Å². The van der Waals surface area contributed by atoms with Crippen LogP contribution >= 0.6 is 11.6 Å². The summed E-state index contributed by atoms with van der Waals surface area (Å²) in [5.41, 5.74) is 0.611. The van der Waals surface area contributed by atoms with Crippen LogP contribution in [0.25, 0.3) is 6.08 Å². The lowest BCUT2D eigenvalue weighted by Gasteiger charge is -2.19. The first-order chi connectivity index (χ1) is 24.0. The van der Waals surface area contributed by atoms with E-state index in [9.17, 15) is 35.0 Å². The predicted octanol–water partition coefficient (Wildman–Crippen LogP) is 5.27. The summed E-state index contributed by atoms with van der Waals surface area (Å²) in [6.45, 7) is 0.0460. The minimum Gasteiger partial charge on any atom is -0.493 e. The second-order valence-electron chi connectivity index (χ2n) is 11.6. The van der Waals surface area contributed by atoms with Gasteiger partial charge in [0.15, 0.2) is 11.5 Å². The van der Waals surface area contributed by atoms with E-state index < -0.39 is 35.3 Å². The highest BCUT2D eigenvalue weighted by atomic mass is 35.5. The van der Waals surface area contributed by atoms with E-state index in [1.807, 2.05) is 12.2 Å². The molecule has 1 fully saturated rings. The van der Waals surface area contributed by atoms with Gasteiger partial charge in [-0.1, -0.05) is 48.0 Å². The number of rotatable bonds is 21. The van der Waals surface area contributed by atoms with Crippen molar-refractivity contribution in [2.45, 2.75) is 63.3 Å². The molecule has 0 spiro atoms. The minimum absolute atomic E-state index is 0.0139. The fraction of sp³-hybridized carbons (Fsp3) is 0.444. The van der Waals surface area contributed by atoms with Crippen molar-refractivity contribution in [2.24, 2.45) is 11.8 Å². The molecule has 2 aromatic carbocycles. The van der Waals surface area contributed by atoms with Crippen molar-refractivity contribution in [3.05, 3.63) is 93.5 Å². The fourth-order valence-corrected chi connectivity index (χ4v) is 5.45. The average Bonchev–Trinajstić information content (AvgIpc) is 3.36. The lowest BCUT2D eigenvalue weighted by Crippen LogP contribution is -2.21. The number of hydrogen-bond acceptors (Lipinski definition) is 12. The van der Waals surface area contributed by atoms with E-state index in [2.05, 4.69) is 4.84 Å². The number of hydrogen-bond donors (Lipinski definition) is 3. The molecule has 5 atom stereocenters. The molecule has 13 nitrogen and oxygen atoms in total. The second-order valence-corrected chi connectivity index (χ2v) is 12.0. The van der Waals surface area contributed by atoms with Gasteiger partial charge in [0, 0.05) is 29.9 Å². The van der Waals surface area contributed by atoms with Crippen LogP contribution in [0.4, 0.5) is 0 Å². The third kappa shape index (κ3) is 14.6. The van der Waals surface area contributed by atoms with Gasteiger partial charge in [-0.15, -0.1) is 10.1 Å². The van der Waals surface area contributed by atoms with Gasteiger partial charge < -0.3 is 39.1 Å². The molecule has 0 amide bonds. The Bertz CT molecular complexity index is 1480. The molecule has 0 radical (unpaired) electrons. The maximum atomic E-state index is 12.5. The van der Waals surface area contributed by atoms with Gasteiger partial charge >= 0.3 is 11.9 Å². The largest absolute Gasteiger partial charge is 0.493 e. The Kier molecular flexibility index (Phi) is 17.3. The molecule has 1 saturated carbocycles. The molecular weight excluding hydrogens is 674 g/mol. The van der Waals surface area contributed by atoms with E-state index in [0.717, 1.165) is 0 Å². The Labute approximate surface area is 295 Å². The number of carbonyl (C=O) groups excluding carboxylic acids is 2. The number of nitrogens with zero attached hydrogens (tertiary/aromatic N) is 1. The number of allylic oxidation sites excluding steroid dienone is 2. The van der Waals surface area contributed by atoms with Crippen molar-refractivity contribution < 1.29 is 53.8 Å². The van der Waals surface area contributed by atoms with E-state index in [1.165, 1.54) is 19.3 Å². The zero-order valence-electron chi connectivity index (χ0n) is 27.8. The van der Waals surface area contributed by atoms with Crippen molar-refractivity contribution in [1.82, 2.24) is 0 Å². The lowest BCUT2D eigenvalue weighted by molar-refractivity contribution is -0.757. The third-order valence-electron chi connectivity index (χ3n) is 7.82. The normalized spacial score (nSPS) is 19.5. The van der Waals surface area contributed by atoms with Crippen LogP contribution in [0.3, 0.4) is 0 Å². The number of aliphatic hydroxyl groups is 3. The van der Waals surface area contributed by atoms with Crippen LogP contribution in [0.1, 0.15) is 50.5 Å². The Balaban J connectivity index is 1.38. The third-order valence-corrected chi connectivity index (χ3v) is 8.05. The van der Waals surface area contributed by atoms with Crippen LogP contribution in [-0.4, -0.2) is 77.6 Å². The van der Waals surface area contributed by atoms with Gasteiger partial charge in [0.25, 0.3) is 5.09 Å². The monoisotopic (exact) mass is 717 g/mol. The SMILES string of the molecule is COc1cc(C=CC(=O)OCCCCO[N+](=O)[O-])ccc1OC(=O)CCCC=CC[C@@H]1[C@@H](C=C[C@@H](O)COc2cccc(Cl)c2)[C@H](O)C[C@@H]1O. The van der Waals surface area contributed by atoms with Gasteiger partial charge in [-0.05, 0) is 80.0 Å². The highest BCUT2D eigenvalue weighted by molar-refractivity contribution is 6.30. The first-order valence-corrected chi connectivity index (χ1v) is 16.7. The van der Waals surface area contributed by atoms with Crippen LogP contribution in [0.5, 0.6) is 17.2 Å². The number of carbonyl (C=O) groups is 2. The summed E-state index contributed by atoms with van der Waals surface area (Å²) < 4.78 is 21.4. The molecule has 3 N–H and O–H groups in total. The summed E-state index contributed by atoms with van der Waals surface area (Å²) in [5.74, 6) is -0.504. The van der Waals surface area contributed by atoms with E-state index in [0.29, 0.717) is 54.2 Å². The molecule has 50 heavy (non-hydrogen) atoms. The quantitative estimate of drug-likeness (QED) is 0.0290. The molecule has 1 aliphatic carbocycles. The average molecular weight is 718 g/mol. The number of ether oxygens (including phenoxy) is 4. The van der Waals surface area contributed by atoms with Crippen LogP contribution in [0.2, 0.25) is 5.02 Å². The molecule has 0 saturated heterocycles. The summed E-state index contributed by atoms with van der Waals surface area (Å²) in [4.78, 5) is 38.7. The van der Waals surface area contributed by atoms with E-state index in [-0.39, 0.29) is 50.2 Å². The fourth-order valence-electron chi connectivity index (χ4n) is 5.27. The molecule has 0 aromatic heterocycles. The molecule has 0 aliphatic heterocycles. The first kappa shape index (κ1) is 40.0. The number of esters is 2. The highest BCUT2D eigenvalue weighted by Crippen LogP contribution is 2.36. The molecule has 1 aliphatic rings. The Hall–Kier alpha value is -4.43. The molecule has 272 valence electrons. The summed E-state index contributed by atoms with van der Waals surface area (Å²) in [6.07, 6.45) is 10.4. The number of aliphatic hydroxyl groups excluding tert-OH is 3. The van der Waals surface area contributed by atoms with Gasteiger partial charge in [-0.3, -0.25) is 4.79 Å². The van der Waals surface area contributed by atoms with Crippen molar-refractivity contribution in [3.63, 3.8) is 0 Å². The van der Waals surface area contributed by atoms with E-state index in [4.69, 9.17) is 30.5 Å². The number of methoxy groups -OCH3 is 1. The van der Waals surface area contributed by atoms with Gasteiger partial charge in [-0.2, -0.15) is 0 Å². The van der Waals surface area contributed by atoms with Crippen molar-refractivity contribution in [3.8, 4) is 17.2 Å². The molecule has 2 aromatic rings. The zero-order chi connectivity index (χ0) is 36.3. The smallest absolute Gasteiger partial charge is 0.330 e. The van der Waals surface area contributed by atoms with Gasteiger partial charge in [-0.25, -0.2) is 4.79 Å². The highest BCUT2D eigenvalue weighted by Gasteiger charge is 2.39. The summed E-state index contributed by atoms with van der Waals surface area (Å²) in [6, 6.07) is 11.7. The standard InChI is InChI=1S/C36H44ClNO12/c1-46-34-21-25(14-18-35(42)47-19-6-7-20-49-38(44)45)13-17-33(34)50-36(43)12-5-3-2-4-11-29-30(32(41)23-31(29)40)16-15-27(39)24-48-28-10-8-9-26(37)22-28/h2,4,8-10,13-18,21-22,27,29-32,39-41H,3,5-7,11-12,19-20,23-24H2,1H3/t27-,29-,30-,31+,32-/m1/s1. The van der Waals surface area contributed by atoms with Gasteiger partial charge in [0.05, 0.1) is 32.5 Å². The summed E-state index contributed by atoms with van der Waals surface area (Å²) in [5, 5.41) is 41.1. The maximum Gasteiger partial charge on any atom is 0.330 e. The molecular formula is C36H44ClNO12. The molecule has 0 unspecified atom stereocenters. The molecule has 0 bridgehead atoms. The lowest BCUT2D eigenvalue weighted by atomic mass is 9.89. The van der Waals surface area contributed by atoms with Crippen molar-refractivity contribution in [1.29, 1.82) is 0 Å². The van der Waals surface area contributed by atoms with Crippen LogP contribution in [0.15, 0.2) is 72.8 Å². The molecule has 14 heteroatoms. The molecule has 0 heterocycles. The topological polar surface area (TPSA) is 184 Å². The number of benzene rings is 2. The Morgan fingerprint density at radius 3 is 2.62 bits per heavy atom. The molecule has 3 rings (SSSR count). The maximum absolute atomic E-state index is 12.5. The minimum atomic E-state index is -0.906. The Morgan fingerprint density at radius 2 is 1.86 bits per heavy atom. The Morgan fingerprint density at radius 1 is 1.06 bits per heavy atom. The summed E-state index contributed by atoms with van der Waals surface area (Å²) in [7, 11) is 1.43.